The summed E-state index contributed by atoms with van der Waals surface area (Å²) >= 11 is 0. The predicted octanol–water partition coefficient (Wildman–Crippen LogP) is 2.54. The first-order valence-corrected chi connectivity index (χ1v) is 8.33. The summed E-state index contributed by atoms with van der Waals surface area (Å²) < 4.78 is 50.7. The Labute approximate surface area is 127 Å². The van der Waals surface area contributed by atoms with Gasteiger partial charge >= 0.3 is 0 Å². The highest BCUT2D eigenvalue weighted by atomic mass is 32.2. The highest BCUT2D eigenvalue weighted by molar-refractivity contribution is 7.92. The smallest absolute Gasteiger partial charge is 0.233 e. The maximum Gasteiger partial charge on any atom is 0.233 e. The van der Waals surface area contributed by atoms with Gasteiger partial charge in [-0.15, -0.1) is 0 Å². The Balaban J connectivity index is 1.76. The van der Waals surface area contributed by atoms with Crippen molar-refractivity contribution >= 4 is 15.7 Å². The van der Waals surface area contributed by atoms with Crippen molar-refractivity contribution in [3.8, 4) is 11.5 Å². The minimum atomic E-state index is -3.70. The van der Waals surface area contributed by atoms with Crippen LogP contribution in [0.25, 0.3) is 0 Å². The van der Waals surface area contributed by atoms with E-state index in [0.717, 1.165) is 11.6 Å². The topological polar surface area (TPSA) is 64.6 Å². The van der Waals surface area contributed by atoms with Gasteiger partial charge in [-0.3, -0.25) is 4.72 Å². The van der Waals surface area contributed by atoms with Gasteiger partial charge in [0.2, 0.25) is 16.8 Å². The van der Waals surface area contributed by atoms with Crippen molar-refractivity contribution in [3.05, 3.63) is 53.8 Å². The molecule has 0 radical (unpaired) electrons. The third-order valence-electron chi connectivity index (χ3n) is 3.25. The maximum atomic E-state index is 13.9. The van der Waals surface area contributed by atoms with E-state index in [0.29, 0.717) is 12.2 Å². The second-order valence-corrected chi connectivity index (χ2v) is 6.65. The molecule has 0 atom stereocenters. The Bertz CT molecular complexity index is 778. The van der Waals surface area contributed by atoms with Crippen molar-refractivity contribution in [1.29, 1.82) is 0 Å². The van der Waals surface area contributed by atoms with E-state index in [1.54, 1.807) is 0 Å². The van der Waals surface area contributed by atoms with Gasteiger partial charge in [0, 0.05) is 0 Å². The molecule has 0 aromatic heterocycles. The van der Waals surface area contributed by atoms with Gasteiger partial charge < -0.3 is 9.47 Å². The lowest BCUT2D eigenvalue weighted by Crippen LogP contribution is -2.19. The first kappa shape index (κ1) is 14.6. The first-order chi connectivity index (χ1) is 10.6. The van der Waals surface area contributed by atoms with Crippen LogP contribution < -0.4 is 14.2 Å². The number of aryl methyl sites for hydroxylation is 1. The maximum absolute atomic E-state index is 13.9. The Kier molecular flexibility index (Phi) is 3.89. The molecule has 7 heteroatoms. The molecule has 0 saturated heterocycles. The van der Waals surface area contributed by atoms with E-state index in [4.69, 9.17) is 9.47 Å². The van der Waals surface area contributed by atoms with E-state index in [2.05, 4.69) is 4.72 Å². The summed E-state index contributed by atoms with van der Waals surface area (Å²) in [6.45, 7) is -0.0580. The molecule has 22 heavy (non-hydrogen) atoms. The lowest BCUT2D eigenvalue weighted by Gasteiger charge is -2.11. The van der Waals surface area contributed by atoms with E-state index < -0.39 is 15.8 Å². The van der Waals surface area contributed by atoms with Crippen LogP contribution in [-0.4, -0.2) is 21.0 Å². The first-order valence-electron chi connectivity index (χ1n) is 6.68. The number of ether oxygens (including phenoxy) is 2. The fourth-order valence-corrected chi connectivity index (χ4v) is 3.25. The molecule has 1 heterocycles. The fraction of sp³-hybridized carbons (Fsp3) is 0.200. The third kappa shape index (κ3) is 3.14. The lowest BCUT2D eigenvalue weighted by molar-refractivity contribution is 0.174. The number of halogens is 1. The van der Waals surface area contributed by atoms with Crippen LogP contribution in [0.3, 0.4) is 0 Å². The van der Waals surface area contributed by atoms with Crippen LogP contribution in [0, 0.1) is 5.82 Å². The van der Waals surface area contributed by atoms with Gasteiger partial charge in [0.1, 0.15) is 5.69 Å². The van der Waals surface area contributed by atoms with Crippen LogP contribution in [-0.2, 0) is 16.4 Å². The molecule has 1 aliphatic heterocycles. The number of nitrogens with one attached hydrogen (secondary N) is 1. The largest absolute Gasteiger partial charge is 0.454 e. The molecule has 0 bridgehead atoms. The molecule has 0 saturated carbocycles. The summed E-state index contributed by atoms with van der Waals surface area (Å²) in [6.07, 6.45) is 0.337. The molecule has 2 aromatic rings. The summed E-state index contributed by atoms with van der Waals surface area (Å²) in [4.78, 5) is 0. The van der Waals surface area contributed by atoms with E-state index in [9.17, 15) is 12.8 Å². The Morgan fingerprint density at radius 1 is 1.09 bits per heavy atom. The molecule has 2 aromatic carbocycles. The molecule has 1 N–H and O–H groups in total. The molecule has 116 valence electrons. The Morgan fingerprint density at radius 2 is 1.86 bits per heavy atom. The van der Waals surface area contributed by atoms with Gasteiger partial charge in [-0.2, -0.15) is 0 Å². The summed E-state index contributed by atoms with van der Waals surface area (Å²) in [7, 11) is -3.70. The molecule has 3 rings (SSSR count). The van der Waals surface area contributed by atoms with Gasteiger partial charge in [0.25, 0.3) is 0 Å². The predicted molar refractivity (Wildman–Crippen MR) is 80.1 cm³/mol. The molecule has 0 fully saturated rings. The van der Waals surface area contributed by atoms with E-state index in [1.165, 1.54) is 6.07 Å². The monoisotopic (exact) mass is 323 g/mol. The van der Waals surface area contributed by atoms with E-state index in [-0.39, 0.29) is 24.0 Å². The molecule has 1 aliphatic rings. The Hall–Kier alpha value is -2.28. The SMILES string of the molecule is O=S(=O)(CCc1ccccc1)Nc1c(F)ccc2c1OCO2. The van der Waals surface area contributed by atoms with Crippen molar-refractivity contribution in [2.45, 2.75) is 6.42 Å². The molecule has 5 nitrogen and oxygen atoms in total. The summed E-state index contributed by atoms with van der Waals surface area (Å²) in [5, 5.41) is 0. The molecular formula is C15H14FNO4S. The van der Waals surface area contributed by atoms with Crippen LogP contribution in [0.5, 0.6) is 11.5 Å². The molecular weight excluding hydrogens is 309 g/mol. The Morgan fingerprint density at radius 3 is 2.64 bits per heavy atom. The van der Waals surface area contributed by atoms with Crippen LogP contribution in [0.15, 0.2) is 42.5 Å². The molecule has 0 unspecified atom stereocenters. The second-order valence-electron chi connectivity index (χ2n) is 4.81. The van der Waals surface area contributed by atoms with Crippen molar-refractivity contribution in [3.63, 3.8) is 0 Å². The van der Waals surface area contributed by atoms with Gasteiger partial charge in [0.05, 0.1) is 5.75 Å². The van der Waals surface area contributed by atoms with Crippen LogP contribution in [0.2, 0.25) is 0 Å². The molecule has 0 spiro atoms. The van der Waals surface area contributed by atoms with Crippen molar-refractivity contribution in [1.82, 2.24) is 0 Å². The molecule has 0 aliphatic carbocycles. The second kappa shape index (κ2) is 5.84. The van der Waals surface area contributed by atoms with Gasteiger partial charge in [-0.1, -0.05) is 30.3 Å². The minimum Gasteiger partial charge on any atom is -0.454 e. The van der Waals surface area contributed by atoms with Crippen LogP contribution in [0.4, 0.5) is 10.1 Å². The molecule has 0 amide bonds. The normalized spacial score (nSPS) is 13.1. The average Bonchev–Trinajstić information content (AvgIpc) is 2.98. The summed E-state index contributed by atoms with van der Waals surface area (Å²) in [6, 6.07) is 11.8. The zero-order valence-corrected chi connectivity index (χ0v) is 12.4. The zero-order chi connectivity index (χ0) is 15.6. The highest BCUT2D eigenvalue weighted by Crippen LogP contribution is 2.41. The van der Waals surface area contributed by atoms with Crippen molar-refractivity contribution < 1.29 is 22.3 Å². The van der Waals surface area contributed by atoms with Gasteiger partial charge in [-0.25, -0.2) is 12.8 Å². The number of rotatable bonds is 5. The minimum absolute atomic E-state index is 0.0580. The van der Waals surface area contributed by atoms with Crippen molar-refractivity contribution in [2.24, 2.45) is 0 Å². The zero-order valence-electron chi connectivity index (χ0n) is 11.6. The van der Waals surface area contributed by atoms with Crippen LogP contribution in [0.1, 0.15) is 5.56 Å². The summed E-state index contributed by atoms with van der Waals surface area (Å²) in [5.41, 5.74) is 0.689. The quantitative estimate of drug-likeness (QED) is 0.918. The number of fused-ring (bicyclic) bond motifs is 1. The van der Waals surface area contributed by atoms with Crippen molar-refractivity contribution in [2.75, 3.05) is 17.3 Å². The number of hydrogen-bond acceptors (Lipinski definition) is 4. The van der Waals surface area contributed by atoms with E-state index in [1.807, 2.05) is 30.3 Å². The third-order valence-corrected chi connectivity index (χ3v) is 4.50. The standard InChI is InChI=1S/C15H14FNO4S/c16-12-6-7-13-15(21-10-20-13)14(12)17-22(18,19)9-8-11-4-2-1-3-5-11/h1-7,17H,8-10H2. The average molecular weight is 323 g/mol. The van der Waals surface area contributed by atoms with E-state index >= 15 is 0 Å². The van der Waals surface area contributed by atoms with Gasteiger partial charge in [0.15, 0.2) is 17.3 Å². The van der Waals surface area contributed by atoms with Gasteiger partial charge in [-0.05, 0) is 24.1 Å². The fourth-order valence-electron chi connectivity index (χ4n) is 2.15. The van der Waals surface area contributed by atoms with Crippen LogP contribution >= 0.6 is 0 Å². The number of hydrogen-bond donors (Lipinski definition) is 1. The number of sulfonamides is 1. The lowest BCUT2D eigenvalue weighted by atomic mass is 10.2. The number of anilines is 1. The number of benzene rings is 2. The highest BCUT2D eigenvalue weighted by Gasteiger charge is 2.24. The summed E-state index contributed by atoms with van der Waals surface area (Å²) in [5.74, 6) is -0.445.